The van der Waals surface area contributed by atoms with Gasteiger partial charge in [-0.1, -0.05) is 30.3 Å². The maximum Gasteiger partial charge on any atom is 0.332 e. The zero-order chi connectivity index (χ0) is 19.9. The number of carbonyl (C=O) groups is 1. The van der Waals surface area contributed by atoms with Gasteiger partial charge in [0, 0.05) is 5.92 Å². The van der Waals surface area contributed by atoms with E-state index in [1.54, 1.807) is 0 Å². The van der Waals surface area contributed by atoms with Crippen LogP contribution in [0.2, 0.25) is 0 Å². The lowest BCUT2D eigenvalue weighted by Gasteiger charge is -2.40. The molecule has 1 aromatic carbocycles. The second kappa shape index (κ2) is 9.64. The molecule has 1 aliphatic rings. The lowest BCUT2D eigenvalue weighted by molar-refractivity contribution is -0.304. The molecule has 6 heteroatoms. The smallest absolute Gasteiger partial charge is 0.332 e. The Labute approximate surface area is 162 Å². The average molecular weight is 380 g/mol. The van der Waals surface area contributed by atoms with Crippen molar-refractivity contribution in [3.8, 4) is 0 Å². The topological polar surface area (TPSA) is 63.2 Å². The SMILES string of the molecule is CC(C)(C)OC(=O)COCC1COC(C)(C)OC1COCc1ccccc1. The summed E-state index contributed by atoms with van der Waals surface area (Å²) in [6, 6.07) is 10.00. The van der Waals surface area contributed by atoms with Gasteiger partial charge in [0.15, 0.2) is 5.79 Å². The average Bonchev–Trinajstić information content (AvgIpc) is 2.56. The Kier molecular flexibility index (Phi) is 7.79. The molecule has 2 atom stereocenters. The molecule has 2 unspecified atom stereocenters. The predicted octanol–water partition coefficient (Wildman–Crippen LogP) is 3.33. The molecule has 0 amide bonds. The summed E-state index contributed by atoms with van der Waals surface area (Å²) in [5, 5.41) is 0. The summed E-state index contributed by atoms with van der Waals surface area (Å²) in [6.45, 7) is 10.9. The van der Waals surface area contributed by atoms with Crippen LogP contribution in [0.1, 0.15) is 40.2 Å². The van der Waals surface area contributed by atoms with Crippen LogP contribution >= 0.6 is 0 Å². The Hall–Kier alpha value is -1.47. The van der Waals surface area contributed by atoms with Crippen LogP contribution in [0.4, 0.5) is 0 Å². The highest BCUT2D eigenvalue weighted by atomic mass is 16.7. The van der Waals surface area contributed by atoms with Crippen LogP contribution in [0.5, 0.6) is 0 Å². The molecule has 27 heavy (non-hydrogen) atoms. The van der Waals surface area contributed by atoms with Crippen molar-refractivity contribution < 1.29 is 28.5 Å². The van der Waals surface area contributed by atoms with Crippen molar-refractivity contribution in [1.82, 2.24) is 0 Å². The maximum atomic E-state index is 11.8. The normalized spacial score (nSPS) is 22.4. The molecule has 0 N–H and O–H groups in total. The fourth-order valence-electron chi connectivity index (χ4n) is 2.77. The molecule has 1 aromatic rings. The number of hydrogen-bond acceptors (Lipinski definition) is 6. The number of ether oxygens (including phenoxy) is 5. The van der Waals surface area contributed by atoms with Crippen LogP contribution in [-0.2, 0) is 35.1 Å². The van der Waals surface area contributed by atoms with Crippen LogP contribution in [-0.4, -0.2) is 49.9 Å². The summed E-state index contributed by atoms with van der Waals surface area (Å²) in [5.41, 5.74) is 0.594. The van der Waals surface area contributed by atoms with Gasteiger partial charge in [0.1, 0.15) is 12.2 Å². The van der Waals surface area contributed by atoms with Gasteiger partial charge >= 0.3 is 5.97 Å². The van der Waals surface area contributed by atoms with Crippen molar-refractivity contribution in [3.63, 3.8) is 0 Å². The van der Waals surface area contributed by atoms with E-state index in [9.17, 15) is 4.79 Å². The summed E-state index contributed by atoms with van der Waals surface area (Å²) in [5.74, 6) is -1.06. The Bertz CT molecular complexity index is 578. The monoisotopic (exact) mass is 380 g/mol. The van der Waals surface area contributed by atoms with E-state index in [1.165, 1.54) is 0 Å². The van der Waals surface area contributed by atoms with Crippen molar-refractivity contribution in [3.05, 3.63) is 35.9 Å². The van der Waals surface area contributed by atoms with Crippen LogP contribution < -0.4 is 0 Å². The lowest BCUT2D eigenvalue weighted by Crippen LogP contribution is -2.49. The summed E-state index contributed by atoms with van der Waals surface area (Å²) in [6.07, 6.45) is -0.170. The molecule has 1 saturated heterocycles. The molecule has 152 valence electrons. The molecule has 1 fully saturated rings. The van der Waals surface area contributed by atoms with Crippen LogP contribution in [0, 0.1) is 5.92 Å². The number of benzene rings is 1. The number of esters is 1. The third-order valence-corrected chi connectivity index (χ3v) is 3.97. The molecule has 0 aromatic heterocycles. The van der Waals surface area contributed by atoms with Crippen molar-refractivity contribution >= 4 is 5.97 Å². The van der Waals surface area contributed by atoms with Gasteiger partial charge in [0.05, 0.1) is 32.5 Å². The molecule has 0 bridgehead atoms. The number of hydrogen-bond donors (Lipinski definition) is 0. The molecule has 2 rings (SSSR count). The number of carbonyl (C=O) groups excluding carboxylic acids is 1. The molecule has 0 spiro atoms. The second-order valence-electron chi connectivity index (χ2n) is 8.23. The van der Waals surface area contributed by atoms with Gasteiger partial charge in [-0.15, -0.1) is 0 Å². The standard InChI is InChI=1S/C21H32O6/c1-20(2,3)27-19(22)15-24-12-17-13-25-21(4,5)26-18(17)14-23-11-16-9-7-6-8-10-16/h6-10,17-18H,11-15H2,1-5H3. The molecule has 1 aliphatic heterocycles. The van der Waals surface area contributed by atoms with Gasteiger partial charge in [-0.3, -0.25) is 0 Å². The first-order chi connectivity index (χ1) is 12.6. The summed E-state index contributed by atoms with van der Waals surface area (Å²) in [7, 11) is 0. The highest BCUT2D eigenvalue weighted by Crippen LogP contribution is 2.27. The molecule has 0 saturated carbocycles. The minimum absolute atomic E-state index is 0.0174. The van der Waals surface area contributed by atoms with Gasteiger partial charge < -0.3 is 23.7 Å². The quantitative estimate of drug-likeness (QED) is 0.645. The summed E-state index contributed by atoms with van der Waals surface area (Å²) >= 11 is 0. The zero-order valence-electron chi connectivity index (χ0n) is 17.0. The van der Waals surface area contributed by atoms with E-state index < -0.39 is 11.4 Å². The van der Waals surface area contributed by atoms with E-state index >= 15 is 0 Å². The Balaban J connectivity index is 1.80. The largest absolute Gasteiger partial charge is 0.458 e. The fraction of sp³-hybridized carbons (Fsp3) is 0.667. The molecular weight excluding hydrogens is 348 g/mol. The minimum atomic E-state index is -0.664. The molecule has 0 aliphatic carbocycles. The van der Waals surface area contributed by atoms with E-state index in [1.807, 2.05) is 65.0 Å². The minimum Gasteiger partial charge on any atom is -0.458 e. The second-order valence-corrected chi connectivity index (χ2v) is 8.23. The van der Waals surface area contributed by atoms with Crippen molar-refractivity contribution in [1.29, 1.82) is 0 Å². The Morgan fingerprint density at radius 1 is 1.15 bits per heavy atom. The van der Waals surface area contributed by atoms with E-state index in [0.717, 1.165) is 5.56 Å². The van der Waals surface area contributed by atoms with Crippen molar-refractivity contribution in [2.75, 3.05) is 26.4 Å². The first-order valence-electron chi connectivity index (χ1n) is 9.38. The third kappa shape index (κ3) is 8.39. The molecule has 6 nitrogen and oxygen atoms in total. The van der Waals surface area contributed by atoms with E-state index in [-0.39, 0.29) is 24.6 Å². The number of rotatable bonds is 8. The molecule has 0 radical (unpaired) electrons. The van der Waals surface area contributed by atoms with Gasteiger partial charge in [-0.25, -0.2) is 4.79 Å². The predicted molar refractivity (Wildman–Crippen MR) is 101 cm³/mol. The highest BCUT2D eigenvalue weighted by molar-refractivity contribution is 5.71. The third-order valence-electron chi connectivity index (χ3n) is 3.97. The first kappa shape index (κ1) is 21.8. The van der Waals surface area contributed by atoms with E-state index in [0.29, 0.717) is 26.4 Å². The Morgan fingerprint density at radius 2 is 1.85 bits per heavy atom. The van der Waals surface area contributed by atoms with Crippen molar-refractivity contribution in [2.45, 2.75) is 58.7 Å². The fourth-order valence-corrected chi connectivity index (χ4v) is 2.77. The van der Waals surface area contributed by atoms with Crippen LogP contribution in [0.25, 0.3) is 0 Å². The van der Waals surface area contributed by atoms with Gasteiger partial charge in [0.25, 0.3) is 0 Å². The van der Waals surface area contributed by atoms with Gasteiger partial charge in [-0.05, 0) is 40.2 Å². The van der Waals surface area contributed by atoms with E-state index in [2.05, 4.69) is 0 Å². The molecular formula is C21H32O6. The lowest BCUT2D eigenvalue weighted by atomic mass is 10.0. The summed E-state index contributed by atoms with van der Waals surface area (Å²) in [4.78, 5) is 11.8. The van der Waals surface area contributed by atoms with Crippen LogP contribution in [0.3, 0.4) is 0 Å². The maximum absolute atomic E-state index is 11.8. The summed E-state index contributed by atoms with van der Waals surface area (Å²) < 4.78 is 28.4. The molecule has 1 heterocycles. The van der Waals surface area contributed by atoms with Crippen LogP contribution in [0.15, 0.2) is 30.3 Å². The first-order valence-corrected chi connectivity index (χ1v) is 9.38. The van der Waals surface area contributed by atoms with E-state index in [4.69, 9.17) is 23.7 Å². The zero-order valence-corrected chi connectivity index (χ0v) is 17.0. The Morgan fingerprint density at radius 3 is 2.52 bits per heavy atom. The highest BCUT2D eigenvalue weighted by Gasteiger charge is 2.37. The van der Waals surface area contributed by atoms with Gasteiger partial charge in [0.2, 0.25) is 0 Å². The van der Waals surface area contributed by atoms with Crippen molar-refractivity contribution in [2.24, 2.45) is 5.92 Å². The van der Waals surface area contributed by atoms with Gasteiger partial charge in [-0.2, -0.15) is 0 Å².